The molecule has 5 nitrogen and oxygen atoms in total. The third kappa shape index (κ3) is 6.29. The highest BCUT2D eigenvalue weighted by molar-refractivity contribution is 8.00. The minimum Gasteiger partial charge on any atom is -0.467 e. The standard InChI is InChI=1S/C24H22Cl2N2O3S2/c25-19-8-7-18(21(26)12-19)14-32-11-9-27-23(30)16-3-5-17(6-4-16)24-28(22(29)15-33-24)13-20-2-1-10-31-20/h1-8,10,12,24H,9,11,13-15H2,(H,27,30)/t24-/m1/s1. The fraction of sp³-hybridized carbons (Fsp3) is 0.250. The van der Waals surface area contributed by atoms with Crippen LogP contribution in [-0.4, -0.2) is 34.8 Å². The van der Waals surface area contributed by atoms with E-state index in [-0.39, 0.29) is 17.2 Å². The summed E-state index contributed by atoms with van der Waals surface area (Å²) in [5.41, 5.74) is 2.61. The van der Waals surface area contributed by atoms with Gasteiger partial charge in [-0.25, -0.2) is 0 Å². The summed E-state index contributed by atoms with van der Waals surface area (Å²) in [7, 11) is 0. The predicted octanol–water partition coefficient (Wildman–Crippen LogP) is 6.02. The van der Waals surface area contributed by atoms with Gasteiger partial charge in [-0.2, -0.15) is 11.8 Å². The van der Waals surface area contributed by atoms with Crippen LogP contribution < -0.4 is 5.32 Å². The van der Waals surface area contributed by atoms with Crippen molar-refractivity contribution in [1.29, 1.82) is 0 Å². The third-order valence-corrected chi connectivity index (χ3v) is 7.99. The van der Waals surface area contributed by atoms with Crippen molar-refractivity contribution in [2.24, 2.45) is 0 Å². The maximum atomic E-state index is 12.5. The molecule has 1 fully saturated rings. The van der Waals surface area contributed by atoms with Gasteiger partial charge < -0.3 is 14.6 Å². The molecule has 2 heterocycles. The number of carbonyl (C=O) groups excluding carboxylic acids is 2. The third-order valence-electron chi connectivity index (χ3n) is 5.14. The first-order valence-electron chi connectivity index (χ1n) is 10.3. The monoisotopic (exact) mass is 520 g/mol. The van der Waals surface area contributed by atoms with Gasteiger partial charge in [-0.1, -0.05) is 41.4 Å². The van der Waals surface area contributed by atoms with Gasteiger partial charge in [0.2, 0.25) is 5.91 Å². The average molecular weight is 521 g/mol. The molecule has 2 aromatic carbocycles. The predicted molar refractivity (Wildman–Crippen MR) is 136 cm³/mol. The number of rotatable bonds is 9. The Hall–Kier alpha value is -2.06. The number of hydrogen-bond donors (Lipinski definition) is 1. The highest BCUT2D eigenvalue weighted by Crippen LogP contribution is 2.39. The Morgan fingerprint density at radius 2 is 2.00 bits per heavy atom. The minimum atomic E-state index is -0.116. The summed E-state index contributed by atoms with van der Waals surface area (Å²) >= 11 is 15.4. The molecule has 0 radical (unpaired) electrons. The molecule has 1 aliphatic rings. The van der Waals surface area contributed by atoms with Crippen molar-refractivity contribution in [2.45, 2.75) is 17.7 Å². The van der Waals surface area contributed by atoms with Gasteiger partial charge in [0.25, 0.3) is 5.91 Å². The van der Waals surface area contributed by atoms with E-state index >= 15 is 0 Å². The molecule has 0 unspecified atom stereocenters. The molecular weight excluding hydrogens is 499 g/mol. The first-order valence-corrected chi connectivity index (χ1v) is 13.3. The van der Waals surface area contributed by atoms with Crippen LogP contribution in [0.2, 0.25) is 10.0 Å². The first kappa shape index (κ1) is 24.1. The number of nitrogens with zero attached hydrogens (tertiary/aromatic N) is 1. The second-order valence-electron chi connectivity index (χ2n) is 7.43. The quantitative estimate of drug-likeness (QED) is 0.349. The van der Waals surface area contributed by atoms with Gasteiger partial charge in [-0.15, -0.1) is 11.8 Å². The van der Waals surface area contributed by atoms with E-state index < -0.39 is 0 Å². The van der Waals surface area contributed by atoms with Crippen LogP contribution in [0.1, 0.15) is 32.6 Å². The molecule has 0 spiro atoms. The lowest BCUT2D eigenvalue weighted by molar-refractivity contribution is -0.128. The molecule has 1 saturated heterocycles. The van der Waals surface area contributed by atoms with Crippen LogP contribution in [-0.2, 0) is 17.1 Å². The lowest BCUT2D eigenvalue weighted by Crippen LogP contribution is -2.28. The van der Waals surface area contributed by atoms with E-state index in [0.717, 1.165) is 28.4 Å². The summed E-state index contributed by atoms with van der Waals surface area (Å²) in [6.45, 7) is 0.991. The second-order valence-corrected chi connectivity index (χ2v) is 10.4. The smallest absolute Gasteiger partial charge is 0.251 e. The lowest BCUT2D eigenvalue weighted by Gasteiger charge is -2.23. The van der Waals surface area contributed by atoms with Crippen LogP contribution in [0.15, 0.2) is 65.3 Å². The van der Waals surface area contributed by atoms with E-state index in [9.17, 15) is 9.59 Å². The molecule has 0 aliphatic carbocycles. The number of benzene rings is 2. The zero-order chi connectivity index (χ0) is 23.2. The van der Waals surface area contributed by atoms with Gasteiger partial charge in [0.05, 0.1) is 18.6 Å². The molecule has 3 aromatic rings. The van der Waals surface area contributed by atoms with Crippen molar-refractivity contribution in [1.82, 2.24) is 10.2 Å². The van der Waals surface area contributed by atoms with E-state index in [4.69, 9.17) is 27.6 Å². The van der Waals surface area contributed by atoms with Gasteiger partial charge in [0, 0.05) is 33.7 Å². The van der Waals surface area contributed by atoms with Gasteiger partial charge in [-0.05, 0) is 47.5 Å². The van der Waals surface area contributed by atoms with Crippen LogP contribution in [0.25, 0.3) is 0 Å². The van der Waals surface area contributed by atoms with Gasteiger partial charge in [0.1, 0.15) is 11.1 Å². The van der Waals surface area contributed by atoms with Crippen LogP contribution in [0.3, 0.4) is 0 Å². The zero-order valence-corrected chi connectivity index (χ0v) is 20.8. The number of nitrogens with one attached hydrogen (secondary N) is 1. The number of thioether (sulfide) groups is 2. The van der Waals surface area contributed by atoms with Gasteiger partial charge >= 0.3 is 0 Å². The van der Waals surface area contributed by atoms with Crippen LogP contribution in [0, 0.1) is 0 Å². The topological polar surface area (TPSA) is 62.6 Å². The number of amides is 2. The van der Waals surface area contributed by atoms with Crippen LogP contribution in [0.5, 0.6) is 0 Å². The molecule has 33 heavy (non-hydrogen) atoms. The molecule has 0 saturated carbocycles. The summed E-state index contributed by atoms with van der Waals surface area (Å²) in [4.78, 5) is 26.6. The fourth-order valence-corrected chi connectivity index (χ4v) is 6.04. The molecule has 4 rings (SSSR count). The number of hydrogen-bond acceptors (Lipinski definition) is 5. The number of carbonyl (C=O) groups is 2. The Kier molecular flexibility index (Phi) is 8.30. The maximum Gasteiger partial charge on any atom is 0.251 e. The summed E-state index contributed by atoms with van der Waals surface area (Å²) < 4.78 is 5.40. The van der Waals surface area contributed by atoms with Crippen molar-refractivity contribution in [3.05, 3.63) is 93.4 Å². The highest BCUT2D eigenvalue weighted by atomic mass is 35.5. The molecular formula is C24H22Cl2N2O3S2. The molecule has 1 aliphatic heterocycles. The van der Waals surface area contributed by atoms with Crippen molar-refractivity contribution in [3.63, 3.8) is 0 Å². The van der Waals surface area contributed by atoms with E-state index in [2.05, 4.69) is 5.32 Å². The lowest BCUT2D eigenvalue weighted by atomic mass is 10.1. The van der Waals surface area contributed by atoms with E-state index in [1.807, 2.05) is 41.3 Å². The summed E-state index contributed by atoms with van der Waals surface area (Å²) in [6.07, 6.45) is 1.61. The summed E-state index contributed by atoms with van der Waals surface area (Å²) in [6, 6.07) is 16.6. The van der Waals surface area contributed by atoms with Crippen LogP contribution in [0.4, 0.5) is 0 Å². The van der Waals surface area contributed by atoms with E-state index in [0.29, 0.717) is 34.5 Å². The molecule has 1 aromatic heterocycles. The normalized spacial score (nSPS) is 15.8. The largest absolute Gasteiger partial charge is 0.467 e. The SMILES string of the molecule is O=C(NCCSCc1ccc(Cl)cc1Cl)c1ccc([C@H]2SCC(=O)N2Cc2ccco2)cc1. The number of halogens is 2. The molecule has 1 N–H and O–H groups in total. The Labute approximate surface area is 211 Å². The summed E-state index contributed by atoms with van der Waals surface area (Å²) in [5.74, 6) is 2.68. The van der Waals surface area contributed by atoms with Crippen LogP contribution >= 0.6 is 46.7 Å². The van der Waals surface area contributed by atoms with E-state index in [1.165, 1.54) is 0 Å². The number of furan rings is 1. The first-order chi connectivity index (χ1) is 16.0. The molecule has 0 bridgehead atoms. The average Bonchev–Trinajstić information content (AvgIpc) is 3.45. The molecule has 9 heteroatoms. The summed E-state index contributed by atoms with van der Waals surface area (Å²) in [5, 5.41) is 4.14. The molecule has 2 amide bonds. The molecule has 172 valence electrons. The fourth-order valence-electron chi connectivity index (χ4n) is 3.43. The van der Waals surface area contributed by atoms with E-state index in [1.54, 1.807) is 48.0 Å². The Morgan fingerprint density at radius 1 is 1.18 bits per heavy atom. The Balaban J connectivity index is 1.26. The maximum absolute atomic E-state index is 12.5. The zero-order valence-electron chi connectivity index (χ0n) is 17.6. The van der Waals surface area contributed by atoms with Gasteiger partial charge in [-0.3, -0.25) is 9.59 Å². The van der Waals surface area contributed by atoms with Crippen molar-refractivity contribution < 1.29 is 14.0 Å². The Bertz CT molecular complexity index is 1110. The molecule has 1 atom stereocenters. The minimum absolute atomic E-state index is 0.0839. The highest BCUT2D eigenvalue weighted by Gasteiger charge is 2.33. The van der Waals surface area contributed by atoms with Gasteiger partial charge in [0.15, 0.2) is 0 Å². The second kappa shape index (κ2) is 11.4. The van der Waals surface area contributed by atoms with Crippen molar-refractivity contribution in [2.75, 3.05) is 18.1 Å². The van der Waals surface area contributed by atoms with Crippen molar-refractivity contribution in [3.8, 4) is 0 Å². The Morgan fingerprint density at radius 3 is 2.73 bits per heavy atom. The van der Waals surface area contributed by atoms with Crippen molar-refractivity contribution >= 4 is 58.5 Å².